The topological polar surface area (TPSA) is 142 Å². The highest BCUT2D eigenvalue weighted by Crippen LogP contribution is 2.23. The molecule has 0 bridgehead atoms. The molecule has 0 saturated heterocycles. The Morgan fingerprint density at radius 2 is 1.84 bits per heavy atom. The maximum absolute atomic E-state index is 13.5. The van der Waals surface area contributed by atoms with Gasteiger partial charge in [-0.2, -0.15) is 5.10 Å². The molecule has 0 aliphatic rings. The predicted molar refractivity (Wildman–Crippen MR) is 128 cm³/mol. The number of aryl methyl sites for hydroxylation is 1. The van der Waals surface area contributed by atoms with Gasteiger partial charge >= 0.3 is 0 Å². The number of likely N-dealkylation sites (N-methyl/N-ethyl adjacent to an activating group) is 1. The molecule has 0 aliphatic carbocycles. The van der Waals surface area contributed by atoms with Crippen LogP contribution in [0.1, 0.15) is 58.1 Å². The first-order valence-corrected chi connectivity index (χ1v) is 11.5. The lowest BCUT2D eigenvalue weighted by Gasteiger charge is -2.22. The van der Waals surface area contributed by atoms with Crippen LogP contribution in [0.25, 0.3) is 0 Å². The van der Waals surface area contributed by atoms with Crippen molar-refractivity contribution >= 4 is 35.1 Å². The highest BCUT2D eigenvalue weighted by Gasteiger charge is 2.30. The zero-order valence-electron chi connectivity index (χ0n) is 20.4. The number of halogens is 3. The predicted octanol–water partition coefficient (Wildman–Crippen LogP) is 3.38. The summed E-state index contributed by atoms with van der Waals surface area (Å²) in [5.74, 6) is -3.81. The summed E-state index contributed by atoms with van der Waals surface area (Å²) in [6.45, 7) is 6.30. The van der Waals surface area contributed by atoms with E-state index in [1.165, 1.54) is 13.2 Å². The summed E-state index contributed by atoms with van der Waals surface area (Å²) < 4.78 is 37.7. The van der Waals surface area contributed by atoms with Gasteiger partial charge in [0, 0.05) is 26.3 Å². The first-order valence-electron chi connectivity index (χ1n) is 11.2. The summed E-state index contributed by atoms with van der Waals surface area (Å²) in [4.78, 5) is 43.4. The molecule has 11 nitrogen and oxygen atoms in total. The number of benzene rings is 1. The van der Waals surface area contributed by atoms with Gasteiger partial charge in [0.1, 0.15) is 11.5 Å². The van der Waals surface area contributed by atoms with E-state index in [-0.39, 0.29) is 40.4 Å². The van der Waals surface area contributed by atoms with E-state index in [1.54, 1.807) is 11.8 Å². The van der Waals surface area contributed by atoms with E-state index in [2.05, 4.69) is 25.8 Å². The minimum absolute atomic E-state index is 0.00412. The molecule has 0 fully saturated rings. The summed E-state index contributed by atoms with van der Waals surface area (Å²) in [6.07, 6.45) is -1.02. The van der Waals surface area contributed by atoms with E-state index in [0.29, 0.717) is 36.7 Å². The second kappa shape index (κ2) is 11.9. The van der Waals surface area contributed by atoms with Crippen LogP contribution in [0.15, 0.2) is 22.6 Å². The number of carbonyl (C=O) groups is 3. The molecular formula is C23H25ClF2N6O5. The van der Waals surface area contributed by atoms with Gasteiger partial charge in [0.15, 0.2) is 17.5 Å². The highest BCUT2D eigenvalue weighted by atomic mass is 35.5. The van der Waals surface area contributed by atoms with E-state index in [4.69, 9.17) is 20.8 Å². The molecule has 37 heavy (non-hydrogen) atoms. The molecular weight excluding hydrogens is 514 g/mol. The Bertz CT molecular complexity index is 1310. The molecule has 0 saturated carbocycles. The fourth-order valence-corrected chi connectivity index (χ4v) is 3.61. The van der Waals surface area contributed by atoms with Crippen LogP contribution in [-0.2, 0) is 16.1 Å². The average Bonchev–Trinajstić information content (AvgIpc) is 3.47. The number of nitrogens with zero attached hydrogens (tertiary/aromatic N) is 3. The van der Waals surface area contributed by atoms with Crippen molar-refractivity contribution in [1.82, 2.24) is 25.4 Å². The van der Waals surface area contributed by atoms with E-state index < -0.39 is 29.6 Å². The van der Waals surface area contributed by atoms with Crippen LogP contribution in [0, 0.1) is 18.6 Å². The number of nitrogens with one attached hydrogen (secondary N) is 3. The van der Waals surface area contributed by atoms with Crippen molar-refractivity contribution in [2.24, 2.45) is 0 Å². The number of rotatable bonds is 10. The van der Waals surface area contributed by atoms with Gasteiger partial charge in [-0.1, -0.05) is 11.6 Å². The van der Waals surface area contributed by atoms with Gasteiger partial charge < -0.3 is 24.7 Å². The molecule has 0 spiro atoms. The van der Waals surface area contributed by atoms with Crippen molar-refractivity contribution in [3.63, 3.8) is 0 Å². The maximum atomic E-state index is 13.5. The molecule has 3 aromatic rings. The van der Waals surface area contributed by atoms with Crippen LogP contribution in [0.5, 0.6) is 0 Å². The number of aromatic nitrogens is 3. The van der Waals surface area contributed by atoms with Crippen LogP contribution >= 0.6 is 11.6 Å². The summed E-state index contributed by atoms with van der Waals surface area (Å²) in [5, 5.41) is 10.9. The number of methoxy groups -OCH3 is 1. The molecule has 0 aliphatic heterocycles. The number of H-pyrrole nitrogens is 1. The summed E-state index contributed by atoms with van der Waals surface area (Å²) in [7, 11) is 1.38. The maximum Gasteiger partial charge on any atom is 0.269 e. The molecule has 198 valence electrons. The second-order valence-electron chi connectivity index (χ2n) is 7.74. The molecule has 3 amide bonds. The zero-order chi connectivity index (χ0) is 27.3. The number of carbonyl (C=O) groups excluding carboxylic acids is 3. The molecule has 1 unspecified atom stereocenters. The Kier molecular flexibility index (Phi) is 8.95. The minimum atomic E-state index is -1.24. The van der Waals surface area contributed by atoms with Crippen LogP contribution in [0.4, 0.5) is 14.6 Å². The van der Waals surface area contributed by atoms with E-state index in [9.17, 15) is 23.2 Å². The number of aromatic amines is 1. The third kappa shape index (κ3) is 6.30. The summed E-state index contributed by atoms with van der Waals surface area (Å²) in [6, 6.07) is 2.58. The number of ether oxygens (including phenoxy) is 1. The number of amides is 3. The lowest BCUT2D eigenvalue weighted by molar-refractivity contribution is -0.143. The summed E-state index contributed by atoms with van der Waals surface area (Å²) >= 11 is 5.81. The number of hydrogen-bond donors (Lipinski definition) is 3. The summed E-state index contributed by atoms with van der Waals surface area (Å²) in [5.41, 5.74) is 0.154. The first kappa shape index (κ1) is 27.7. The number of anilines is 1. The lowest BCUT2D eigenvalue weighted by atomic mass is 10.2. The number of oxazole rings is 1. The Labute approximate surface area is 215 Å². The fourth-order valence-electron chi connectivity index (χ4n) is 3.37. The van der Waals surface area contributed by atoms with Crippen molar-refractivity contribution in [2.75, 3.05) is 25.5 Å². The molecule has 2 aromatic heterocycles. The Balaban J connectivity index is 1.64. The molecule has 1 aromatic carbocycles. The highest BCUT2D eigenvalue weighted by molar-refractivity contribution is 6.34. The molecule has 0 radical (unpaired) electrons. The SMILES string of the molecule is CCN(CC)C(=O)C(OC)c1nc(C)c(CNC(=O)c2cc(NC(=O)c3cc(F)c(F)cc3Cl)n[nH]2)o1. The third-order valence-corrected chi connectivity index (χ3v) is 5.71. The van der Waals surface area contributed by atoms with Crippen molar-refractivity contribution in [1.29, 1.82) is 0 Å². The Morgan fingerprint density at radius 1 is 1.16 bits per heavy atom. The standard InChI is InChI=1S/C23H25ClF2N6O5/c1-5-32(6-2)23(35)19(36-4)22-28-11(3)17(37-22)10-27-21(34)16-9-18(31-30-16)29-20(33)12-7-14(25)15(26)8-13(12)24/h7-9,19H,5-6,10H2,1-4H3,(H,27,34)(H2,29,30,31,33). The van der Waals surface area contributed by atoms with Gasteiger partial charge in [-0.25, -0.2) is 13.8 Å². The molecule has 3 rings (SSSR count). The van der Waals surface area contributed by atoms with Crippen molar-refractivity contribution in [3.05, 3.63) is 63.5 Å². The Morgan fingerprint density at radius 3 is 2.49 bits per heavy atom. The van der Waals surface area contributed by atoms with Crippen LogP contribution < -0.4 is 10.6 Å². The fraction of sp³-hybridized carbons (Fsp3) is 0.348. The van der Waals surface area contributed by atoms with Gasteiger partial charge in [0.25, 0.3) is 17.7 Å². The van der Waals surface area contributed by atoms with Gasteiger partial charge in [-0.3, -0.25) is 19.5 Å². The van der Waals surface area contributed by atoms with E-state index >= 15 is 0 Å². The zero-order valence-corrected chi connectivity index (χ0v) is 21.2. The van der Waals surface area contributed by atoms with E-state index in [0.717, 1.165) is 0 Å². The van der Waals surface area contributed by atoms with Gasteiger partial charge in [0.05, 0.1) is 22.8 Å². The monoisotopic (exact) mass is 538 g/mol. The largest absolute Gasteiger partial charge is 0.440 e. The van der Waals surface area contributed by atoms with Gasteiger partial charge in [-0.15, -0.1) is 0 Å². The molecule has 1 atom stereocenters. The smallest absolute Gasteiger partial charge is 0.269 e. The van der Waals surface area contributed by atoms with Crippen molar-refractivity contribution in [3.8, 4) is 0 Å². The minimum Gasteiger partial charge on any atom is -0.440 e. The quantitative estimate of drug-likeness (QED) is 0.336. The third-order valence-electron chi connectivity index (χ3n) is 5.40. The van der Waals surface area contributed by atoms with Crippen LogP contribution in [-0.4, -0.2) is 58.0 Å². The van der Waals surface area contributed by atoms with Crippen LogP contribution in [0.3, 0.4) is 0 Å². The van der Waals surface area contributed by atoms with Crippen molar-refractivity contribution < 1.29 is 32.3 Å². The lowest BCUT2D eigenvalue weighted by Crippen LogP contribution is -2.35. The molecule has 2 heterocycles. The Hall–Kier alpha value is -3.84. The van der Waals surface area contributed by atoms with Gasteiger partial charge in [0.2, 0.25) is 12.0 Å². The molecule has 14 heteroatoms. The van der Waals surface area contributed by atoms with E-state index in [1.807, 2.05) is 13.8 Å². The average molecular weight is 539 g/mol. The van der Waals surface area contributed by atoms with Gasteiger partial charge in [-0.05, 0) is 32.9 Å². The van der Waals surface area contributed by atoms with Crippen molar-refractivity contribution in [2.45, 2.75) is 33.4 Å². The first-order chi connectivity index (χ1) is 17.6. The number of hydrogen-bond acceptors (Lipinski definition) is 7. The normalized spacial score (nSPS) is 11.8. The second-order valence-corrected chi connectivity index (χ2v) is 8.14. The van der Waals surface area contributed by atoms with Crippen LogP contribution in [0.2, 0.25) is 5.02 Å². The molecule has 3 N–H and O–H groups in total.